The molecular formula is C11H18N2O5. The summed E-state index contributed by atoms with van der Waals surface area (Å²) in [5.74, 6) is -0.503. The summed E-state index contributed by atoms with van der Waals surface area (Å²) in [5.41, 5.74) is -0.545. The van der Waals surface area contributed by atoms with Crippen LogP contribution in [-0.2, 0) is 4.79 Å². The molecular weight excluding hydrogens is 240 g/mol. The first-order valence-electron chi connectivity index (χ1n) is 5.70. The molecule has 7 nitrogen and oxygen atoms in total. The minimum absolute atomic E-state index is 0.0213. The monoisotopic (exact) mass is 258 g/mol. The maximum Gasteiger partial charge on any atom is 0.330 e. The quantitative estimate of drug-likeness (QED) is 0.465. The molecule has 0 heterocycles. The summed E-state index contributed by atoms with van der Waals surface area (Å²) in [5, 5.41) is 31.5. The Labute approximate surface area is 105 Å². The average molecular weight is 258 g/mol. The lowest BCUT2D eigenvalue weighted by molar-refractivity contribution is -0.421. The maximum atomic E-state index is 11.7. The molecule has 1 aliphatic carbocycles. The third kappa shape index (κ3) is 3.51. The second-order valence-electron chi connectivity index (χ2n) is 5.24. The summed E-state index contributed by atoms with van der Waals surface area (Å²) in [6.07, 6.45) is -0.504. The van der Waals surface area contributed by atoms with Crippen LogP contribution in [0, 0.1) is 15.5 Å². The number of hydrogen-bond acceptors (Lipinski definition) is 6. The van der Waals surface area contributed by atoms with Crippen molar-refractivity contribution in [2.24, 2.45) is 5.41 Å². The summed E-state index contributed by atoms with van der Waals surface area (Å²) in [6, 6.07) is 0. The largest absolute Gasteiger partial charge is 0.394 e. The topological polar surface area (TPSA) is 113 Å². The Morgan fingerprint density at radius 2 is 2.11 bits per heavy atom. The predicted molar refractivity (Wildman–Crippen MR) is 63.1 cm³/mol. The standard InChI is InChI=1S/C11H18N2O5/c1-11(2)3-8(12-5-7(15)6-14)10(13(17)18)9(16)4-11/h7,12,14-15H,3-6H2,1-2H3. The number of allylic oxidation sites excluding steroid dienone is 2. The van der Waals surface area contributed by atoms with Crippen molar-refractivity contribution >= 4 is 5.78 Å². The fourth-order valence-electron chi connectivity index (χ4n) is 1.98. The van der Waals surface area contributed by atoms with Crippen LogP contribution in [0.3, 0.4) is 0 Å². The molecule has 0 aromatic rings. The van der Waals surface area contributed by atoms with Crippen molar-refractivity contribution in [1.82, 2.24) is 5.32 Å². The van der Waals surface area contributed by atoms with Gasteiger partial charge in [-0.25, -0.2) is 0 Å². The zero-order valence-electron chi connectivity index (χ0n) is 10.5. The van der Waals surface area contributed by atoms with Crippen LogP contribution >= 0.6 is 0 Å². The number of rotatable bonds is 5. The number of carbonyl (C=O) groups excluding carboxylic acids is 1. The number of nitrogens with one attached hydrogen (secondary N) is 1. The highest BCUT2D eigenvalue weighted by atomic mass is 16.6. The van der Waals surface area contributed by atoms with Crippen LogP contribution in [0.2, 0.25) is 0 Å². The number of carbonyl (C=O) groups is 1. The highest BCUT2D eigenvalue weighted by Gasteiger charge is 2.39. The normalized spacial score (nSPS) is 20.8. The number of aliphatic hydroxyl groups excluding tert-OH is 2. The molecule has 0 amide bonds. The molecule has 7 heteroatoms. The molecule has 0 aromatic carbocycles. The van der Waals surface area contributed by atoms with E-state index in [2.05, 4.69) is 5.32 Å². The molecule has 0 saturated carbocycles. The first-order chi connectivity index (χ1) is 8.26. The molecule has 1 unspecified atom stereocenters. The lowest BCUT2D eigenvalue weighted by Gasteiger charge is -2.29. The Bertz CT molecular complexity index is 389. The van der Waals surface area contributed by atoms with E-state index >= 15 is 0 Å². The van der Waals surface area contributed by atoms with Gasteiger partial charge >= 0.3 is 5.70 Å². The lowest BCUT2D eigenvalue weighted by Crippen LogP contribution is -2.37. The predicted octanol–water partition coefficient (Wildman–Crippen LogP) is -0.193. The highest BCUT2D eigenvalue weighted by molar-refractivity contribution is 5.95. The molecule has 0 fully saturated rings. The van der Waals surface area contributed by atoms with E-state index in [1.807, 2.05) is 13.8 Å². The fourth-order valence-corrected chi connectivity index (χ4v) is 1.98. The van der Waals surface area contributed by atoms with Gasteiger partial charge in [0.2, 0.25) is 5.78 Å². The molecule has 1 aliphatic rings. The van der Waals surface area contributed by atoms with Gasteiger partial charge in [-0.05, 0) is 11.8 Å². The molecule has 0 aliphatic heterocycles. The third-order valence-electron chi connectivity index (χ3n) is 2.79. The van der Waals surface area contributed by atoms with Gasteiger partial charge in [-0.1, -0.05) is 13.8 Å². The molecule has 0 spiro atoms. The van der Waals surface area contributed by atoms with Gasteiger partial charge in [0.15, 0.2) is 0 Å². The lowest BCUT2D eigenvalue weighted by atomic mass is 9.77. The number of ketones is 1. The van der Waals surface area contributed by atoms with Crippen LogP contribution < -0.4 is 5.32 Å². The van der Waals surface area contributed by atoms with E-state index in [-0.39, 0.29) is 24.1 Å². The molecule has 3 N–H and O–H groups in total. The van der Waals surface area contributed by atoms with Crippen LogP contribution in [0.25, 0.3) is 0 Å². The smallest absolute Gasteiger partial charge is 0.330 e. The second-order valence-corrected chi connectivity index (χ2v) is 5.24. The molecule has 1 atom stereocenters. The molecule has 0 saturated heterocycles. The summed E-state index contributed by atoms with van der Waals surface area (Å²) < 4.78 is 0. The number of Topliss-reactive ketones (excluding diaryl/α,β-unsaturated/α-hetero) is 1. The number of hydrogen-bond donors (Lipinski definition) is 3. The maximum absolute atomic E-state index is 11.7. The molecule has 0 bridgehead atoms. The van der Waals surface area contributed by atoms with Crippen molar-refractivity contribution in [1.29, 1.82) is 0 Å². The van der Waals surface area contributed by atoms with Crippen molar-refractivity contribution in [3.8, 4) is 0 Å². The van der Waals surface area contributed by atoms with Crippen molar-refractivity contribution in [3.63, 3.8) is 0 Å². The van der Waals surface area contributed by atoms with Crippen molar-refractivity contribution < 1.29 is 19.9 Å². The molecule has 0 aromatic heterocycles. The van der Waals surface area contributed by atoms with Crippen molar-refractivity contribution in [3.05, 3.63) is 21.5 Å². The number of aliphatic hydroxyl groups is 2. The first kappa shape index (κ1) is 14.6. The Kier molecular flexibility index (Phi) is 4.42. The second kappa shape index (κ2) is 5.45. The van der Waals surface area contributed by atoms with Crippen LogP contribution in [0.1, 0.15) is 26.7 Å². The summed E-state index contributed by atoms with van der Waals surface area (Å²) >= 11 is 0. The minimum Gasteiger partial charge on any atom is -0.394 e. The van der Waals surface area contributed by atoms with Gasteiger partial charge in [0.25, 0.3) is 0 Å². The van der Waals surface area contributed by atoms with Gasteiger partial charge < -0.3 is 15.5 Å². The number of nitrogens with zero attached hydrogens (tertiary/aromatic N) is 1. The Hall–Kier alpha value is -1.47. The minimum atomic E-state index is -1.01. The van der Waals surface area contributed by atoms with E-state index in [4.69, 9.17) is 5.11 Å². The van der Waals surface area contributed by atoms with Crippen LogP contribution in [0.15, 0.2) is 11.4 Å². The SMILES string of the molecule is CC1(C)CC(=O)C([N+](=O)[O-])=C(NCC(O)CO)C1. The fraction of sp³-hybridized carbons (Fsp3) is 0.727. The Morgan fingerprint density at radius 3 is 2.61 bits per heavy atom. The molecule has 18 heavy (non-hydrogen) atoms. The summed E-state index contributed by atoms with van der Waals surface area (Å²) in [6.45, 7) is 3.25. The van der Waals surface area contributed by atoms with Crippen molar-refractivity contribution in [2.75, 3.05) is 13.2 Å². The summed E-state index contributed by atoms with van der Waals surface area (Å²) in [7, 11) is 0. The van der Waals surface area contributed by atoms with Gasteiger partial charge in [-0.2, -0.15) is 0 Å². The Morgan fingerprint density at radius 1 is 1.50 bits per heavy atom. The van der Waals surface area contributed by atoms with Gasteiger partial charge in [0, 0.05) is 13.0 Å². The van der Waals surface area contributed by atoms with Crippen LogP contribution in [0.4, 0.5) is 0 Å². The van der Waals surface area contributed by atoms with E-state index in [1.165, 1.54) is 0 Å². The zero-order chi connectivity index (χ0) is 13.9. The van der Waals surface area contributed by atoms with Crippen LogP contribution in [-0.4, -0.2) is 40.2 Å². The van der Waals surface area contributed by atoms with E-state index < -0.39 is 29.1 Å². The van der Waals surface area contributed by atoms with E-state index in [0.29, 0.717) is 6.42 Å². The molecule has 102 valence electrons. The zero-order valence-corrected chi connectivity index (χ0v) is 10.5. The Balaban J connectivity index is 2.94. The van der Waals surface area contributed by atoms with Gasteiger partial charge in [0.1, 0.15) is 0 Å². The van der Waals surface area contributed by atoms with Gasteiger partial charge in [-0.3, -0.25) is 14.9 Å². The first-order valence-corrected chi connectivity index (χ1v) is 5.70. The molecule has 1 rings (SSSR count). The van der Waals surface area contributed by atoms with Gasteiger partial charge in [0.05, 0.1) is 23.3 Å². The van der Waals surface area contributed by atoms with Crippen molar-refractivity contribution in [2.45, 2.75) is 32.8 Å². The summed E-state index contributed by atoms with van der Waals surface area (Å²) in [4.78, 5) is 21.9. The van der Waals surface area contributed by atoms with E-state index in [0.717, 1.165) is 0 Å². The van der Waals surface area contributed by atoms with E-state index in [9.17, 15) is 20.0 Å². The third-order valence-corrected chi connectivity index (χ3v) is 2.79. The van der Waals surface area contributed by atoms with E-state index in [1.54, 1.807) is 0 Å². The van der Waals surface area contributed by atoms with Gasteiger partial charge in [-0.15, -0.1) is 0 Å². The highest BCUT2D eigenvalue weighted by Crippen LogP contribution is 2.35. The average Bonchev–Trinajstić information content (AvgIpc) is 2.22. The molecule has 0 radical (unpaired) electrons. The van der Waals surface area contributed by atoms with Crippen LogP contribution in [0.5, 0.6) is 0 Å². The number of nitro groups is 1.